The second-order valence-electron chi connectivity index (χ2n) is 32.0. The molecule has 2 aliphatic carbocycles. The molecule has 0 fully saturated rings. The first kappa shape index (κ1) is 69.5. The summed E-state index contributed by atoms with van der Waals surface area (Å²) in [6.07, 6.45) is 0. The van der Waals surface area contributed by atoms with Crippen molar-refractivity contribution in [3.63, 3.8) is 0 Å². The molecule has 12 aromatic rings. The SMILES string of the molecule is Cc1cc(C2(c3ccc(Oc4ccc(C(C)(C)C)c(N)c4)c(C)c3)c3ccccc3-c3ccccc32)ccc1Oc1ccc(C(C)(C)C)c(N)c1.Cc1cc(C2(c3ccc(Oc4cccc(N)c4C(C)(C)C)c(C)c3)c3ccccc3-c3ccccc32)ccc1Oc1cccc(N)c1C(C)(C)C. The summed E-state index contributed by atoms with van der Waals surface area (Å²) in [5.74, 6) is 6.23. The van der Waals surface area contributed by atoms with Crippen LogP contribution in [0.15, 0.2) is 243 Å². The van der Waals surface area contributed by atoms with Crippen molar-refractivity contribution in [2.75, 3.05) is 22.9 Å². The molecule has 8 heteroatoms. The predicted octanol–water partition coefficient (Wildman–Crippen LogP) is 24.0. The summed E-state index contributed by atoms with van der Waals surface area (Å²) in [6, 6.07) is 85.5. The first-order valence-corrected chi connectivity index (χ1v) is 35.5. The second kappa shape index (κ2) is 26.2. The summed E-state index contributed by atoms with van der Waals surface area (Å²) in [5, 5.41) is 0. The van der Waals surface area contributed by atoms with E-state index < -0.39 is 10.8 Å². The Balaban J connectivity index is 0.000000182. The van der Waals surface area contributed by atoms with Gasteiger partial charge in [0.2, 0.25) is 0 Å². The fourth-order valence-corrected chi connectivity index (χ4v) is 16.0. The van der Waals surface area contributed by atoms with Crippen LogP contribution in [-0.2, 0) is 32.5 Å². The molecule has 516 valence electrons. The Bertz CT molecular complexity index is 4900. The van der Waals surface area contributed by atoms with Gasteiger partial charge in [-0.15, -0.1) is 0 Å². The second-order valence-corrected chi connectivity index (χ2v) is 32.0. The van der Waals surface area contributed by atoms with Gasteiger partial charge < -0.3 is 41.9 Å². The van der Waals surface area contributed by atoms with Crippen molar-refractivity contribution < 1.29 is 18.9 Å². The summed E-state index contributed by atoms with van der Waals surface area (Å²) in [7, 11) is 0. The minimum absolute atomic E-state index is 0.0449. The van der Waals surface area contributed by atoms with E-state index in [0.717, 1.165) is 113 Å². The Morgan fingerprint density at radius 2 is 0.520 bits per heavy atom. The normalized spacial score (nSPS) is 13.4. The molecule has 0 saturated carbocycles. The third-order valence-corrected chi connectivity index (χ3v) is 20.5. The fourth-order valence-electron chi connectivity index (χ4n) is 16.0. The van der Waals surface area contributed by atoms with Crippen molar-refractivity contribution in [3.8, 4) is 68.2 Å². The van der Waals surface area contributed by atoms with Gasteiger partial charge in [0.05, 0.1) is 10.8 Å². The van der Waals surface area contributed by atoms with Crippen LogP contribution in [0.4, 0.5) is 22.7 Å². The van der Waals surface area contributed by atoms with Crippen LogP contribution in [0.2, 0.25) is 0 Å². The van der Waals surface area contributed by atoms with Crippen LogP contribution in [0.25, 0.3) is 22.3 Å². The molecule has 0 unspecified atom stereocenters. The lowest BCUT2D eigenvalue weighted by Gasteiger charge is -2.35. The van der Waals surface area contributed by atoms with E-state index in [2.05, 4.69) is 293 Å². The monoisotopic (exact) mass is 1340 g/mol. The summed E-state index contributed by atoms with van der Waals surface area (Å²) < 4.78 is 26.3. The molecule has 0 radical (unpaired) electrons. The molecule has 12 aromatic carbocycles. The van der Waals surface area contributed by atoms with Crippen LogP contribution < -0.4 is 41.9 Å². The van der Waals surface area contributed by atoms with Crippen molar-refractivity contribution in [2.45, 2.75) is 143 Å². The van der Waals surface area contributed by atoms with Gasteiger partial charge in [-0.1, -0.05) is 253 Å². The molecule has 8 nitrogen and oxygen atoms in total. The summed E-state index contributed by atoms with van der Waals surface area (Å²) in [6.45, 7) is 34.5. The smallest absolute Gasteiger partial charge is 0.133 e. The van der Waals surface area contributed by atoms with E-state index in [0.29, 0.717) is 0 Å². The molecule has 2 aliphatic rings. The lowest BCUT2D eigenvalue weighted by atomic mass is 9.67. The van der Waals surface area contributed by atoms with Gasteiger partial charge in [0.15, 0.2) is 0 Å². The molecule has 0 spiro atoms. The Morgan fingerprint density at radius 3 is 0.775 bits per heavy atom. The number of hydrogen-bond donors (Lipinski definition) is 4. The van der Waals surface area contributed by atoms with Gasteiger partial charge in [0.1, 0.15) is 46.0 Å². The van der Waals surface area contributed by atoms with E-state index in [1.54, 1.807) is 0 Å². The number of ether oxygens (including phenoxy) is 4. The lowest BCUT2D eigenvalue weighted by molar-refractivity contribution is 0.453. The number of aryl methyl sites for hydroxylation is 4. The zero-order valence-electron chi connectivity index (χ0n) is 62.0. The highest BCUT2D eigenvalue weighted by molar-refractivity contribution is 5.88. The molecule has 0 saturated heterocycles. The molecular formula is C94H96N4O4. The third-order valence-electron chi connectivity index (χ3n) is 20.5. The van der Waals surface area contributed by atoms with Gasteiger partial charge in [-0.05, 0) is 210 Å². The van der Waals surface area contributed by atoms with Gasteiger partial charge in [-0.2, -0.15) is 0 Å². The lowest BCUT2D eigenvalue weighted by Crippen LogP contribution is -2.29. The Hall–Kier alpha value is -11.0. The van der Waals surface area contributed by atoms with Crippen molar-refractivity contribution >= 4 is 22.7 Å². The first-order valence-electron chi connectivity index (χ1n) is 35.5. The maximum atomic E-state index is 6.67. The van der Waals surface area contributed by atoms with Gasteiger partial charge in [-0.3, -0.25) is 0 Å². The Labute approximate surface area is 604 Å². The van der Waals surface area contributed by atoms with Gasteiger partial charge in [0, 0.05) is 46.0 Å². The maximum Gasteiger partial charge on any atom is 0.133 e. The Morgan fingerprint density at radius 1 is 0.245 bits per heavy atom. The Kier molecular flexibility index (Phi) is 17.9. The van der Waals surface area contributed by atoms with Crippen molar-refractivity contribution in [1.82, 2.24) is 0 Å². The minimum Gasteiger partial charge on any atom is -0.457 e. The molecule has 102 heavy (non-hydrogen) atoms. The molecule has 0 aliphatic heterocycles. The van der Waals surface area contributed by atoms with Crippen molar-refractivity contribution in [1.29, 1.82) is 0 Å². The summed E-state index contributed by atoms with van der Waals surface area (Å²) in [4.78, 5) is 0. The van der Waals surface area contributed by atoms with Crippen LogP contribution in [0, 0.1) is 27.7 Å². The molecule has 0 bridgehead atoms. The largest absolute Gasteiger partial charge is 0.457 e. The zero-order valence-corrected chi connectivity index (χ0v) is 62.0. The first-order chi connectivity index (χ1) is 48.4. The van der Waals surface area contributed by atoms with E-state index in [9.17, 15) is 0 Å². The zero-order chi connectivity index (χ0) is 72.6. The maximum absolute atomic E-state index is 6.67. The highest BCUT2D eigenvalue weighted by Crippen LogP contribution is 2.59. The average Bonchev–Trinajstić information content (AvgIpc) is 1.53. The van der Waals surface area contributed by atoms with Crippen LogP contribution in [0.3, 0.4) is 0 Å². The molecule has 8 N–H and O–H groups in total. The number of benzene rings is 12. The molecule has 0 amide bonds. The van der Waals surface area contributed by atoms with E-state index >= 15 is 0 Å². The summed E-state index contributed by atoms with van der Waals surface area (Å²) in [5.41, 5.74) is 50.4. The number of hydrogen-bond acceptors (Lipinski definition) is 8. The van der Waals surface area contributed by atoms with Crippen molar-refractivity contribution in [2.24, 2.45) is 0 Å². The van der Waals surface area contributed by atoms with E-state index in [4.69, 9.17) is 41.9 Å². The third kappa shape index (κ3) is 12.5. The molecule has 0 heterocycles. The average molecular weight is 1350 g/mol. The number of nitrogens with two attached hydrogens (primary N) is 4. The van der Waals surface area contributed by atoms with Crippen LogP contribution >= 0.6 is 0 Å². The molecule has 14 rings (SSSR count). The number of nitrogen functional groups attached to an aromatic ring is 4. The fraction of sp³-hybridized carbons (Fsp3) is 0.234. The van der Waals surface area contributed by atoms with Gasteiger partial charge >= 0.3 is 0 Å². The highest BCUT2D eigenvalue weighted by atomic mass is 16.5. The van der Waals surface area contributed by atoms with Crippen LogP contribution in [0.5, 0.6) is 46.0 Å². The molecule has 0 atom stereocenters. The van der Waals surface area contributed by atoms with Crippen LogP contribution in [0.1, 0.15) is 172 Å². The minimum atomic E-state index is -0.568. The standard InChI is InChI=1S/2C47H48N2O2/c1-29-27-31(23-25-39(29)50-41-21-13-19-37(48)43(41)45(3,4)5)47(35-17-11-9-15-33(35)34-16-10-12-18-36(34)47)32-24-26-40(30(2)28-32)51-42-22-14-20-38(49)44(42)46(6,7)8;1-29-25-31(17-23-43(29)50-33-19-21-39(41(48)27-33)45(3,4)5)47(37-15-11-9-13-35(37)36-14-10-12-16-38(36)47)32-18-24-44(30(2)26-32)51-34-20-22-40(42(49)28-34)46(6,7)8/h2*9-28H,48-49H2,1-8H3. The number of rotatable bonds is 12. The van der Waals surface area contributed by atoms with Crippen molar-refractivity contribution in [3.05, 3.63) is 332 Å². The number of anilines is 4. The van der Waals surface area contributed by atoms with E-state index in [1.807, 2.05) is 60.7 Å². The topological polar surface area (TPSA) is 141 Å². The summed E-state index contributed by atoms with van der Waals surface area (Å²) >= 11 is 0. The van der Waals surface area contributed by atoms with E-state index in [1.165, 1.54) is 66.8 Å². The van der Waals surface area contributed by atoms with Gasteiger partial charge in [-0.25, -0.2) is 0 Å². The predicted molar refractivity (Wildman–Crippen MR) is 425 cm³/mol. The van der Waals surface area contributed by atoms with Gasteiger partial charge in [0.25, 0.3) is 0 Å². The molecular weight excluding hydrogens is 1250 g/mol. The highest BCUT2D eigenvalue weighted by Gasteiger charge is 2.48. The van der Waals surface area contributed by atoms with Crippen LogP contribution in [-0.4, -0.2) is 0 Å². The quantitative estimate of drug-likeness (QED) is 0.0887. The van der Waals surface area contributed by atoms with E-state index in [-0.39, 0.29) is 21.7 Å². The number of fused-ring (bicyclic) bond motifs is 6. The molecule has 0 aromatic heterocycles.